The Morgan fingerprint density at radius 2 is 1.05 bits per heavy atom. The van der Waals surface area contributed by atoms with Gasteiger partial charge in [0.05, 0.1) is 19.8 Å². The molecular weight excluding hydrogens is 352 g/mol. The van der Waals surface area contributed by atoms with E-state index in [9.17, 15) is 0 Å². The van der Waals surface area contributed by atoms with Crippen molar-refractivity contribution < 1.29 is 15.3 Å². The molecule has 8 heteroatoms. The highest BCUT2D eigenvalue weighted by atomic mass is 79.9. The van der Waals surface area contributed by atoms with Crippen LogP contribution in [0, 0.1) is 0 Å². The molecule has 0 aromatic rings. The lowest BCUT2D eigenvalue weighted by Gasteiger charge is -2.20. The molecule has 0 radical (unpaired) electrons. The van der Waals surface area contributed by atoms with Gasteiger partial charge in [0.25, 0.3) is 0 Å². The zero-order valence-electron chi connectivity index (χ0n) is 14.7. The van der Waals surface area contributed by atoms with Crippen molar-refractivity contribution in [2.45, 2.75) is 0 Å². The lowest BCUT2D eigenvalue weighted by Crippen LogP contribution is -2.33. The first-order valence-corrected chi connectivity index (χ1v) is 8.70. The third kappa shape index (κ3) is 32.2. The zero-order valence-corrected chi connectivity index (χ0v) is 16.3. The molecule has 0 aromatic carbocycles. The summed E-state index contributed by atoms with van der Waals surface area (Å²) in [6.45, 7) is 6.04. The Morgan fingerprint density at radius 1 is 0.727 bits per heavy atom. The molecule has 22 heavy (non-hydrogen) atoms. The maximum atomic E-state index is 8.61. The van der Waals surface area contributed by atoms with E-state index in [2.05, 4.69) is 36.4 Å². The van der Waals surface area contributed by atoms with E-state index in [1.165, 1.54) is 0 Å². The van der Waals surface area contributed by atoms with Crippen LogP contribution < -0.4 is 10.6 Å². The van der Waals surface area contributed by atoms with E-state index in [0.717, 1.165) is 26.2 Å². The molecule has 0 heterocycles. The maximum Gasteiger partial charge on any atom is 0.0558 e. The van der Waals surface area contributed by atoms with Crippen LogP contribution in [0.4, 0.5) is 0 Å². The molecule has 5 N–H and O–H groups in total. The molecular formula is C14H37BrN4O3. The normalized spacial score (nSPS) is 10.1. The molecule has 0 aliphatic rings. The van der Waals surface area contributed by atoms with E-state index >= 15 is 0 Å². The summed E-state index contributed by atoms with van der Waals surface area (Å²) < 4.78 is 0. The predicted molar refractivity (Wildman–Crippen MR) is 97.9 cm³/mol. The molecule has 0 aromatic heterocycles. The molecule has 0 saturated carbocycles. The van der Waals surface area contributed by atoms with Crippen LogP contribution in [0.25, 0.3) is 0 Å². The van der Waals surface area contributed by atoms with E-state index in [-0.39, 0.29) is 19.8 Å². The van der Waals surface area contributed by atoms with Gasteiger partial charge in [-0.25, -0.2) is 0 Å². The van der Waals surface area contributed by atoms with Crippen LogP contribution in [0.1, 0.15) is 0 Å². The van der Waals surface area contributed by atoms with E-state index in [1.54, 1.807) is 0 Å². The van der Waals surface area contributed by atoms with Gasteiger partial charge in [-0.3, -0.25) is 0 Å². The number of hydrogen-bond acceptors (Lipinski definition) is 7. The highest BCUT2D eigenvalue weighted by Crippen LogP contribution is 1.85. The SMILES string of the molecule is CN(CCO)CCN(C)CCO.CNCCNC.OCCBr. The first-order valence-electron chi connectivity index (χ1n) is 7.58. The number of hydrogen-bond donors (Lipinski definition) is 5. The number of halogens is 1. The van der Waals surface area contributed by atoms with Crippen LogP contribution >= 0.6 is 15.9 Å². The molecule has 0 aliphatic heterocycles. The third-order valence-corrected chi connectivity index (χ3v) is 2.89. The lowest BCUT2D eigenvalue weighted by molar-refractivity contribution is 0.183. The van der Waals surface area contributed by atoms with Crippen molar-refractivity contribution in [2.75, 3.05) is 92.6 Å². The van der Waals surface area contributed by atoms with Gasteiger partial charge < -0.3 is 35.8 Å². The van der Waals surface area contributed by atoms with Gasteiger partial charge in [-0.05, 0) is 28.2 Å². The van der Waals surface area contributed by atoms with E-state index in [4.69, 9.17) is 15.3 Å². The van der Waals surface area contributed by atoms with Gasteiger partial charge >= 0.3 is 0 Å². The molecule has 0 bridgehead atoms. The summed E-state index contributed by atoms with van der Waals surface area (Å²) in [5.74, 6) is 0. The zero-order chi connectivity index (χ0) is 17.6. The Kier molecular flexibility index (Phi) is 32.1. The van der Waals surface area contributed by atoms with Crippen molar-refractivity contribution in [3.8, 4) is 0 Å². The Balaban J connectivity index is -0.000000300. The second-order valence-electron chi connectivity index (χ2n) is 4.67. The number of likely N-dealkylation sites (N-methyl/N-ethyl adjacent to an activating group) is 4. The number of nitrogens with zero attached hydrogens (tertiary/aromatic N) is 2. The van der Waals surface area contributed by atoms with E-state index in [1.807, 2.05) is 28.2 Å². The Labute approximate surface area is 144 Å². The second-order valence-corrected chi connectivity index (χ2v) is 5.47. The molecule has 0 aliphatic carbocycles. The van der Waals surface area contributed by atoms with Gasteiger partial charge in [-0.15, -0.1) is 0 Å². The van der Waals surface area contributed by atoms with Crippen LogP contribution in [0.3, 0.4) is 0 Å². The number of nitrogens with one attached hydrogen (secondary N) is 2. The standard InChI is InChI=1S/C8H20N2O2.C4H12N2.C2H5BrO/c1-9(5-7-11)3-4-10(2)6-8-12;1-5-3-4-6-2;3-1-2-4/h11-12H,3-8H2,1-2H3;5-6H,3-4H2,1-2H3;4H,1-2H2. The molecule has 7 nitrogen and oxygen atoms in total. The topological polar surface area (TPSA) is 91.2 Å². The van der Waals surface area contributed by atoms with Crippen LogP contribution in [0.2, 0.25) is 0 Å². The molecule has 0 atom stereocenters. The highest BCUT2D eigenvalue weighted by Gasteiger charge is 1.99. The monoisotopic (exact) mass is 388 g/mol. The van der Waals surface area contributed by atoms with Gasteiger partial charge in [-0.2, -0.15) is 0 Å². The first kappa shape index (κ1) is 27.1. The minimum Gasteiger partial charge on any atom is -0.396 e. The molecule has 0 spiro atoms. The van der Waals surface area contributed by atoms with Crippen LogP contribution in [0.5, 0.6) is 0 Å². The van der Waals surface area contributed by atoms with Crippen molar-refractivity contribution >= 4 is 15.9 Å². The average Bonchev–Trinajstić information content (AvgIpc) is 2.52. The fourth-order valence-electron chi connectivity index (χ4n) is 1.16. The molecule has 0 rings (SSSR count). The smallest absolute Gasteiger partial charge is 0.0558 e. The molecule has 0 unspecified atom stereocenters. The summed E-state index contributed by atoms with van der Waals surface area (Å²) in [5.41, 5.74) is 0. The Hall–Kier alpha value is 0.200. The molecule has 0 fully saturated rings. The number of alkyl halides is 1. The minimum absolute atomic E-state index is 0.209. The van der Waals surface area contributed by atoms with Crippen molar-refractivity contribution in [1.82, 2.24) is 20.4 Å². The Morgan fingerprint density at radius 3 is 1.23 bits per heavy atom. The largest absolute Gasteiger partial charge is 0.396 e. The third-order valence-electron chi connectivity index (χ3n) is 2.54. The highest BCUT2D eigenvalue weighted by molar-refractivity contribution is 9.09. The Bertz CT molecular complexity index is 164. The van der Waals surface area contributed by atoms with Gasteiger partial charge in [0.1, 0.15) is 0 Å². The van der Waals surface area contributed by atoms with Crippen LogP contribution in [-0.2, 0) is 0 Å². The predicted octanol–water partition coefficient (Wildman–Crippen LogP) is -1.37. The fourth-order valence-corrected chi connectivity index (χ4v) is 1.16. The van der Waals surface area contributed by atoms with Gasteiger partial charge in [0.2, 0.25) is 0 Å². The maximum absolute atomic E-state index is 8.61. The summed E-state index contributed by atoms with van der Waals surface area (Å²) in [4.78, 5) is 4.13. The van der Waals surface area contributed by atoms with Gasteiger partial charge in [-0.1, -0.05) is 15.9 Å². The van der Waals surface area contributed by atoms with E-state index < -0.39 is 0 Å². The summed E-state index contributed by atoms with van der Waals surface area (Å²) in [6, 6.07) is 0. The van der Waals surface area contributed by atoms with E-state index in [0.29, 0.717) is 18.4 Å². The molecule has 0 amide bonds. The summed E-state index contributed by atoms with van der Waals surface area (Å²) in [5, 5.41) is 31.7. The first-order chi connectivity index (χ1) is 10.5. The van der Waals surface area contributed by atoms with Crippen LogP contribution in [-0.4, -0.2) is 118 Å². The van der Waals surface area contributed by atoms with Gasteiger partial charge in [0, 0.05) is 44.6 Å². The van der Waals surface area contributed by atoms with Crippen LogP contribution in [0.15, 0.2) is 0 Å². The molecule has 138 valence electrons. The van der Waals surface area contributed by atoms with Gasteiger partial charge in [0.15, 0.2) is 0 Å². The average molecular weight is 389 g/mol. The summed E-state index contributed by atoms with van der Waals surface area (Å²) >= 11 is 3.00. The second kappa shape index (κ2) is 26.1. The number of aliphatic hydroxyl groups excluding tert-OH is 3. The fraction of sp³-hybridized carbons (Fsp3) is 1.00. The number of rotatable bonds is 11. The molecule has 0 saturated heterocycles. The number of aliphatic hydroxyl groups is 3. The van der Waals surface area contributed by atoms with Crippen molar-refractivity contribution in [1.29, 1.82) is 0 Å². The summed E-state index contributed by atoms with van der Waals surface area (Å²) in [7, 11) is 7.83. The minimum atomic E-state index is 0.209. The lowest BCUT2D eigenvalue weighted by atomic mass is 10.4. The van der Waals surface area contributed by atoms with Crippen molar-refractivity contribution in [3.05, 3.63) is 0 Å². The van der Waals surface area contributed by atoms with Crippen molar-refractivity contribution in [2.24, 2.45) is 0 Å². The van der Waals surface area contributed by atoms with Crippen molar-refractivity contribution in [3.63, 3.8) is 0 Å². The quantitative estimate of drug-likeness (QED) is 0.220. The summed E-state index contributed by atoms with van der Waals surface area (Å²) in [6.07, 6.45) is 0.